The van der Waals surface area contributed by atoms with Gasteiger partial charge in [0.2, 0.25) is 0 Å². The molecule has 1 aliphatic carbocycles. The van der Waals surface area contributed by atoms with E-state index < -0.39 is 0 Å². The second-order valence-electron chi connectivity index (χ2n) is 9.55. The lowest BCUT2D eigenvalue weighted by Crippen LogP contribution is -2.37. The highest BCUT2D eigenvalue weighted by molar-refractivity contribution is 7.80. The van der Waals surface area contributed by atoms with E-state index >= 15 is 0 Å². The fraction of sp³-hybridized carbons (Fsp3) is 0.400. The number of rotatable bonds is 6. The summed E-state index contributed by atoms with van der Waals surface area (Å²) in [6, 6.07) is 14.0. The van der Waals surface area contributed by atoms with E-state index in [4.69, 9.17) is 32.5 Å². The number of thiol groups is 1. The Morgan fingerprint density at radius 1 is 1.05 bits per heavy atom. The molecule has 4 aromatic rings. The summed E-state index contributed by atoms with van der Waals surface area (Å²) < 4.78 is 12.2. The maximum atomic E-state index is 6.49. The van der Waals surface area contributed by atoms with E-state index in [9.17, 15) is 0 Å². The van der Waals surface area contributed by atoms with Gasteiger partial charge in [-0.3, -0.25) is 4.98 Å². The van der Waals surface area contributed by atoms with Crippen molar-refractivity contribution in [1.29, 1.82) is 0 Å². The minimum Gasteiger partial charge on any atom is -0.373 e. The Balaban J connectivity index is 0.000000695. The second kappa shape index (κ2) is 14.5. The molecule has 0 spiro atoms. The lowest BCUT2D eigenvalue weighted by atomic mass is 10.0. The average molecular weight is 604 g/mol. The van der Waals surface area contributed by atoms with Gasteiger partial charge in [0.1, 0.15) is 11.5 Å². The topological polar surface area (TPSA) is 86.6 Å². The molecule has 6 rings (SSSR count). The maximum absolute atomic E-state index is 6.49. The fourth-order valence-corrected chi connectivity index (χ4v) is 5.60. The largest absolute Gasteiger partial charge is 0.373 e. The number of nitrogens with two attached hydrogens (primary N) is 1. The molecule has 2 aromatic heterocycles. The maximum Gasteiger partial charge on any atom is 0.145 e. The summed E-state index contributed by atoms with van der Waals surface area (Å²) in [7, 11) is 1.40. The lowest BCUT2D eigenvalue weighted by molar-refractivity contribution is 0.0246. The average Bonchev–Trinajstić information content (AvgIpc) is 3.73. The molecule has 0 bridgehead atoms. The van der Waals surface area contributed by atoms with Crippen LogP contribution in [0.15, 0.2) is 58.1 Å². The number of hydrogen-bond donors (Lipinski definition) is 2. The highest BCUT2D eigenvalue weighted by Crippen LogP contribution is 2.46. The smallest absolute Gasteiger partial charge is 0.145 e. The summed E-state index contributed by atoms with van der Waals surface area (Å²) in [5.41, 5.74) is 4.59. The third-order valence-corrected chi connectivity index (χ3v) is 7.76. The van der Waals surface area contributed by atoms with Crippen LogP contribution in [0.3, 0.4) is 0 Å². The number of nitrogens with zero attached hydrogens (tertiary/aromatic N) is 3. The number of halogens is 2. The van der Waals surface area contributed by atoms with Crippen molar-refractivity contribution in [2.24, 2.45) is 5.90 Å². The van der Waals surface area contributed by atoms with E-state index in [-0.39, 0.29) is 6.10 Å². The highest BCUT2D eigenvalue weighted by atomic mass is 35.5. The number of ether oxygens (including phenoxy) is 1. The van der Waals surface area contributed by atoms with Gasteiger partial charge in [-0.1, -0.05) is 54.3 Å². The van der Waals surface area contributed by atoms with Gasteiger partial charge in [0.15, 0.2) is 0 Å². The summed E-state index contributed by atoms with van der Waals surface area (Å²) in [4.78, 5) is 11.5. The molecule has 1 aliphatic heterocycles. The Morgan fingerprint density at radius 3 is 2.38 bits per heavy atom. The van der Waals surface area contributed by atoms with Gasteiger partial charge in [-0.05, 0) is 56.0 Å². The van der Waals surface area contributed by atoms with Gasteiger partial charge in [-0.15, -0.1) is 12.6 Å². The minimum absolute atomic E-state index is 0.174. The molecule has 2 aliphatic rings. The molecule has 2 N–H and O–H groups in total. The first-order valence-corrected chi connectivity index (χ1v) is 14.8. The predicted molar refractivity (Wildman–Crippen MR) is 165 cm³/mol. The van der Waals surface area contributed by atoms with Crippen LogP contribution < -0.4 is 10.8 Å². The van der Waals surface area contributed by atoms with E-state index in [0.29, 0.717) is 28.3 Å². The summed E-state index contributed by atoms with van der Waals surface area (Å²) in [5.74, 6) is 5.68. The number of benzene rings is 2. The number of hydrogen-bond acceptors (Lipinski definition) is 8. The molecule has 0 unspecified atom stereocenters. The molecule has 40 heavy (non-hydrogen) atoms. The van der Waals surface area contributed by atoms with Gasteiger partial charge in [0.05, 0.1) is 35.4 Å². The van der Waals surface area contributed by atoms with Gasteiger partial charge in [0.25, 0.3) is 0 Å². The lowest BCUT2D eigenvalue weighted by Gasteiger charge is -2.33. The Hall–Kier alpha value is -2.33. The van der Waals surface area contributed by atoms with Gasteiger partial charge >= 0.3 is 0 Å². The van der Waals surface area contributed by atoms with Gasteiger partial charge in [0, 0.05) is 52.3 Å². The van der Waals surface area contributed by atoms with Crippen LogP contribution in [0.2, 0.25) is 10.0 Å². The highest BCUT2D eigenvalue weighted by Gasteiger charge is 2.34. The van der Waals surface area contributed by atoms with E-state index in [1.54, 1.807) is 6.20 Å². The van der Waals surface area contributed by atoms with Crippen LogP contribution in [-0.4, -0.2) is 36.4 Å². The monoisotopic (exact) mass is 602 g/mol. The normalized spacial score (nSPS) is 15.3. The Morgan fingerprint density at radius 2 is 1.73 bits per heavy atom. The molecule has 2 aromatic carbocycles. The van der Waals surface area contributed by atoms with Crippen LogP contribution in [0.4, 0.5) is 5.69 Å². The molecule has 10 heteroatoms. The van der Waals surface area contributed by atoms with E-state index in [1.807, 2.05) is 38.1 Å². The summed E-state index contributed by atoms with van der Waals surface area (Å²) >= 11 is 17.4. The zero-order chi connectivity index (χ0) is 28.6. The third-order valence-electron chi connectivity index (χ3n) is 6.89. The molecule has 7 nitrogen and oxygen atoms in total. The van der Waals surface area contributed by atoms with Crippen LogP contribution in [0, 0.1) is 0 Å². The summed E-state index contributed by atoms with van der Waals surface area (Å²) in [5, 5.41) is 6.61. The Labute approximate surface area is 251 Å². The van der Waals surface area contributed by atoms with Gasteiger partial charge in [-0.2, -0.15) is 0 Å². The van der Waals surface area contributed by atoms with Crippen molar-refractivity contribution in [1.82, 2.24) is 10.1 Å². The van der Waals surface area contributed by atoms with Gasteiger partial charge < -0.3 is 19.0 Å². The zero-order valence-electron chi connectivity index (χ0n) is 23.1. The van der Waals surface area contributed by atoms with Crippen molar-refractivity contribution in [3.63, 3.8) is 0 Å². The van der Waals surface area contributed by atoms with Crippen LogP contribution in [-0.2, 0) is 16.2 Å². The standard InChI is InChI=1S/C27H25Cl2N3O2S.C2H6.CH5NO/c28-22-2-1-3-23(29)25(22)26-21(27(34-31-26)16-4-5-16)15-33-19-8-10-32(11-9-19)18-7-6-17-12-20(35)14-30-24(17)13-18;1-2;1-3-2/h1-3,6-7,12-14,16,19,35H,4-5,8-11,15H2;1-2H3;2H2,1H3. The number of pyridine rings is 1. The molecule has 3 heterocycles. The van der Waals surface area contributed by atoms with Crippen LogP contribution in [0.25, 0.3) is 22.2 Å². The zero-order valence-corrected chi connectivity index (χ0v) is 25.5. The van der Waals surface area contributed by atoms with Crippen LogP contribution in [0.1, 0.15) is 56.8 Å². The molecular weight excluding hydrogens is 567 g/mol. The van der Waals surface area contributed by atoms with Crippen molar-refractivity contribution >= 4 is 52.4 Å². The molecule has 214 valence electrons. The fourth-order valence-electron chi connectivity index (χ4n) is 4.82. The number of piperidine rings is 1. The van der Waals surface area contributed by atoms with Crippen molar-refractivity contribution in [3.05, 3.63) is 70.0 Å². The summed E-state index contributed by atoms with van der Waals surface area (Å²) in [6.45, 7) is 6.31. The first kappa shape index (κ1) is 30.6. The summed E-state index contributed by atoms with van der Waals surface area (Å²) in [6.07, 6.45) is 6.10. The molecule has 2 fully saturated rings. The molecular formula is C30H36Cl2N4O3S. The van der Waals surface area contributed by atoms with Crippen molar-refractivity contribution < 1.29 is 14.1 Å². The number of aromatic nitrogens is 2. The SMILES string of the molecule is CC.CON.Sc1cnc2cc(N3CCC(OCc4c(-c5c(Cl)cccc5Cl)noc4C4CC4)CC3)ccc2c1. The van der Waals surface area contributed by atoms with Crippen molar-refractivity contribution in [2.75, 3.05) is 25.1 Å². The first-order chi connectivity index (χ1) is 19.5. The van der Waals surface area contributed by atoms with Crippen molar-refractivity contribution in [3.8, 4) is 11.3 Å². The molecule has 0 amide bonds. The third kappa shape index (κ3) is 7.29. The van der Waals surface area contributed by atoms with E-state index in [1.165, 1.54) is 12.8 Å². The second-order valence-corrected chi connectivity index (χ2v) is 10.9. The predicted octanol–water partition coefficient (Wildman–Crippen LogP) is 8.08. The number of fused-ring (bicyclic) bond motifs is 1. The molecule has 0 radical (unpaired) electrons. The number of anilines is 1. The van der Waals surface area contributed by atoms with Crippen LogP contribution in [0.5, 0.6) is 0 Å². The molecule has 1 saturated carbocycles. The van der Waals surface area contributed by atoms with Crippen LogP contribution >= 0.6 is 35.8 Å². The molecule has 0 atom stereocenters. The Bertz CT molecular complexity index is 1380. The van der Waals surface area contributed by atoms with E-state index in [0.717, 1.165) is 71.5 Å². The quantitative estimate of drug-likeness (QED) is 0.170. The Kier molecular flexibility index (Phi) is 11.1. The minimum atomic E-state index is 0.174. The van der Waals surface area contributed by atoms with Crippen molar-refractivity contribution in [2.45, 2.75) is 63.1 Å². The molecule has 1 saturated heterocycles. The van der Waals surface area contributed by atoms with E-state index in [2.05, 4.69) is 56.6 Å². The first-order valence-electron chi connectivity index (χ1n) is 13.6. The van der Waals surface area contributed by atoms with Gasteiger partial charge in [-0.25, -0.2) is 5.90 Å².